The van der Waals surface area contributed by atoms with Crippen LogP contribution in [0.1, 0.15) is 29.7 Å². The van der Waals surface area contributed by atoms with Gasteiger partial charge in [-0.25, -0.2) is 4.39 Å². The van der Waals surface area contributed by atoms with Gasteiger partial charge >= 0.3 is 6.18 Å². The molecule has 0 aliphatic carbocycles. The number of nitrogens with one attached hydrogen (secondary N) is 1. The number of thiophene rings is 1. The van der Waals surface area contributed by atoms with Crippen molar-refractivity contribution in [3.63, 3.8) is 0 Å². The molecule has 1 aromatic heterocycles. The molecule has 1 aromatic carbocycles. The van der Waals surface area contributed by atoms with E-state index in [2.05, 4.69) is 5.32 Å². The first-order chi connectivity index (χ1) is 9.45. The fourth-order valence-corrected chi connectivity index (χ4v) is 2.73. The maximum atomic E-state index is 14.2. The topological polar surface area (TPSA) is 12.0 Å². The molecule has 0 fully saturated rings. The van der Waals surface area contributed by atoms with E-state index in [0.717, 1.165) is 11.6 Å². The zero-order valence-electron chi connectivity index (χ0n) is 10.7. The molecule has 0 saturated heterocycles. The Labute approximate surface area is 118 Å². The molecule has 0 spiro atoms. The minimum Gasteiger partial charge on any atom is -0.306 e. The lowest BCUT2D eigenvalue weighted by Gasteiger charge is -2.20. The molecule has 0 radical (unpaired) electrons. The highest BCUT2D eigenvalue weighted by Gasteiger charge is 2.35. The third-order valence-electron chi connectivity index (χ3n) is 2.93. The van der Waals surface area contributed by atoms with Crippen molar-refractivity contribution in [1.29, 1.82) is 0 Å². The van der Waals surface area contributed by atoms with Gasteiger partial charge in [-0.15, -0.1) is 0 Å². The normalized spacial score (nSPS) is 13.4. The second kappa shape index (κ2) is 5.93. The molecule has 1 N–H and O–H groups in total. The van der Waals surface area contributed by atoms with Crippen molar-refractivity contribution in [2.45, 2.75) is 19.1 Å². The van der Waals surface area contributed by atoms with Crippen molar-refractivity contribution >= 4 is 11.3 Å². The molecule has 1 unspecified atom stereocenters. The molecule has 1 nitrogen and oxygen atoms in total. The first kappa shape index (κ1) is 15.0. The minimum absolute atomic E-state index is 0.0140. The third-order valence-corrected chi connectivity index (χ3v) is 3.63. The molecule has 2 aromatic rings. The zero-order chi connectivity index (χ0) is 14.8. The SMILES string of the molecule is CCNC(c1ccsc1)c1cccc(C(F)(F)F)c1F. The predicted molar refractivity (Wildman–Crippen MR) is 71.2 cm³/mol. The number of benzene rings is 1. The van der Waals surface area contributed by atoms with Gasteiger partial charge in [-0.05, 0) is 35.0 Å². The smallest absolute Gasteiger partial charge is 0.306 e. The van der Waals surface area contributed by atoms with Crippen molar-refractivity contribution in [2.75, 3.05) is 6.54 Å². The summed E-state index contributed by atoms with van der Waals surface area (Å²) in [7, 11) is 0. The molecule has 0 aliphatic rings. The van der Waals surface area contributed by atoms with Gasteiger partial charge in [-0.3, -0.25) is 0 Å². The van der Waals surface area contributed by atoms with Crippen LogP contribution in [-0.4, -0.2) is 6.54 Å². The molecule has 1 atom stereocenters. The van der Waals surface area contributed by atoms with E-state index < -0.39 is 23.6 Å². The van der Waals surface area contributed by atoms with Crippen LogP contribution in [0.4, 0.5) is 17.6 Å². The maximum absolute atomic E-state index is 14.2. The summed E-state index contributed by atoms with van der Waals surface area (Å²) in [6.45, 7) is 2.35. The standard InChI is InChI=1S/C14H13F4NS/c1-2-19-13(9-6-7-20-8-9)10-4-3-5-11(12(10)15)14(16,17)18/h3-8,13,19H,2H2,1H3. The van der Waals surface area contributed by atoms with E-state index in [4.69, 9.17) is 0 Å². The van der Waals surface area contributed by atoms with Gasteiger partial charge in [0.2, 0.25) is 0 Å². The summed E-state index contributed by atoms with van der Waals surface area (Å²) in [4.78, 5) is 0. The first-order valence-electron chi connectivity index (χ1n) is 6.06. The highest BCUT2D eigenvalue weighted by Crippen LogP contribution is 2.35. The van der Waals surface area contributed by atoms with E-state index >= 15 is 0 Å². The minimum atomic E-state index is -4.69. The Hall–Kier alpha value is -1.40. The number of hydrogen-bond acceptors (Lipinski definition) is 2. The Balaban J connectivity index is 2.50. The second-order valence-electron chi connectivity index (χ2n) is 4.25. The van der Waals surface area contributed by atoms with Crippen LogP contribution in [0.15, 0.2) is 35.0 Å². The lowest BCUT2D eigenvalue weighted by molar-refractivity contribution is -0.140. The molecule has 108 valence electrons. The van der Waals surface area contributed by atoms with Gasteiger partial charge in [0.1, 0.15) is 5.82 Å². The summed E-state index contributed by atoms with van der Waals surface area (Å²) in [6, 6.07) is 4.58. The number of rotatable bonds is 4. The summed E-state index contributed by atoms with van der Waals surface area (Å²) >= 11 is 1.42. The van der Waals surface area contributed by atoms with Crippen LogP contribution in [0.2, 0.25) is 0 Å². The van der Waals surface area contributed by atoms with Crippen molar-refractivity contribution in [3.05, 3.63) is 57.5 Å². The highest BCUT2D eigenvalue weighted by molar-refractivity contribution is 7.08. The second-order valence-corrected chi connectivity index (χ2v) is 5.03. The predicted octanol–water partition coefficient (Wildman–Crippen LogP) is 4.60. The van der Waals surface area contributed by atoms with Crippen molar-refractivity contribution < 1.29 is 17.6 Å². The van der Waals surface area contributed by atoms with Crippen LogP contribution in [0.3, 0.4) is 0 Å². The average Bonchev–Trinajstić information content (AvgIpc) is 2.89. The van der Waals surface area contributed by atoms with Crippen LogP contribution in [0.25, 0.3) is 0 Å². The fraction of sp³-hybridized carbons (Fsp3) is 0.286. The van der Waals surface area contributed by atoms with Crippen LogP contribution >= 0.6 is 11.3 Å². The highest BCUT2D eigenvalue weighted by atomic mass is 32.1. The van der Waals surface area contributed by atoms with Gasteiger partial charge in [0, 0.05) is 5.56 Å². The average molecular weight is 303 g/mol. The summed E-state index contributed by atoms with van der Waals surface area (Å²) in [5.74, 6) is -1.21. The Morgan fingerprint density at radius 2 is 2.00 bits per heavy atom. The van der Waals surface area contributed by atoms with Gasteiger partial charge in [-0.1, -0.05) is 19.1 Å². The zero-order valence-corrected chi connectivity index (χ0v) is 11.5. The van der Waals surface area contributed by atoms with E-state index in [1.54, 1.807) is 11.4 Å². The van der Waals surface area contributed by atoms with E-state index in [9.17, 15) is 17.6 Å². The summed E-state index contributed by atoms with van der Waals surface area (Å²) in [5, 5.41) is 6.63. The van der Waals surface area contributed by atoms with Crippen LogP contribution in [-0.2, 0) is 6.18 Å². The van der Waals surface area contributed by atoms with Crippen LogP contribution < -0.4 is 5.32 Å². The molecule has 0 amide bonds. The molecule has 6 heteroatoms. The maximum Gasteiger partial charge on any atom is 0.419 e. The van der Waals surface area contributed by atoms with Crippen molar-refractivity contribution in [2.24, 2.45) is 0 Å². The van der Waals surface area contributed by atoms with Crippen molar-refractivity contribution in [3.8, 4) is 0 Å². The van der Waals surface area contributed by atoms with Gasteiger partial charge < -0.3 is 5.32 Å². The summed E-state index contributed by atoms with van der Waals surface area (Å²) in [6.07, 6.45) is -4.69. The summed E-state index contributed by atoms with van der Waals surface area (Å²) < 4.78 is 52.5. The molecule has 2 rings (SSSR count). The van der Waals surface area contributed by atoms with Crippen LogP contribution in [0, 0.1) is 5.82 Å². The monoisotopic (exact) mass is 303 g/mol. The van der Waals surface area contributed by atoms with Gasteiger partial charge in [0.25, 0.3) is 0 Å². The van der Waals surface area contributed by atoms with E-state index in [1.807, 2.05) is 12.3 Å². The molecule has 1 heterocycles. The fourth-order valence-electron chi connectivity index (χ4n) is 2.04. The Bertz CT molecular complexity index is 563. The molecule has 0 aliphatic heterocycles. The Kier molecular flexibility index (Phi) is 4.45. The lowest BCUT2D eigenvalue weighted by Crippen LogP contribution is -2.23. The number of hydrogen-bond donors (Lipinski definition) is 1. The van der Waals surface area contributed by atoms with Crippen LogP contribution in [0.5, 0.6) is 0 Å². The van der Waals surface area contributed by atoms with Gasteiger partial charge in [-0.2, -0.15) is 24.5 Å². The van der Waals surface area contributed by atoms with Crippen molar-refractivity contribution in [1.82, 2.24) is 5.32 Å². The first-order valence-corrected chi connectivity index (χ1v) is 7.00. The molecule has 0 saturated carbocycles. The van der Waals surface area contributed by atoms with E-state index in [1.165, 1.54) is 23.5 Å². The van der Waals surface area contributed by atoms with E-state index in [-0.39, 0.29) is 5.56 Å². The molecule has 0 bridgehead atoms. The Morgan fingerprint density at radius 3 is 2.55 bits per heavy atom. The molecular weight excluding hydrogens is 290 g/mol. The Morgan fingerprint density at radius 1 is 1.25 bits per heavy atom. The number of halogens is 4. The van der Waals surface area contributed by atoms with E-state index in [0.29, 0.717) is 6.54 Å². The van der Waals surface area contributed by atoms with Gasteiger partial charge in [0.05, 0.1) is 11.6 Å². The summed E-state index contributed by atoms with van der Waals surface area (Å²) in [5.41, 5.74) is -0.455. The quantitative estimate of drug-likeness (QED) is 0.814. The molecule has 20 heavy (non-hydrogen) atoms. The molecular formula is C14H13F4NS. The lowest BCUT2D eigenvalue weighted by atomic mass is 9.98. The third kappa shape index (κ3) is 3.02. The number of alkyl halides is 3. The largest absolute Gasteiger partial charge is 0.419 e. The van der Waals surface area contributed by atoms with Gasteiger partial charge in [0.15, 0.2) is 0 Å².